The number of nitrogens with zero attached hydrogens (tertiary/aromatic N) is 1. The topological polar surface area (TPSA) is 103 Å². The number of aromatic nitrogens is 1. The molecule has 2 aromatic rings. The maximum absolute atomic E-state index is 12.0. The lowest BCUT2D eigenvalue weighted by Gasteiger charge is -2.12. The molecule has 2 amide bonds. The molecule has 0 bridgehead atoms. The van der Waals surface area contributed by atoms with Gasteiger partial charge in [-0.3, -0.25) is 20.0 Å². The van der Waals surface area contributed by atoms with Gasteiger partial charge in [0.1, 0.15) is 5.75 Å². The SMILES string of the molecule is C=C(CC(=O)Nc1cccnc1)NNC(=O)c1cc(Cl)ccc1O. The summed E-state index contributed by atoms with van der Waals surface area (Å²) < 4.78 is 0. The zero-order chi connectivity index (χ0) is 17.5. The van der Waals surface area contributed by atoms with Crippen LogP contribution in [0.15, 0.2) is 55.0 Å². The van der Waals surface area contributed by atoms with E-state index >= 15 is 0 Å². The summed E-state index contributed by atoms with van der Waals surface area (Å²) >= 11 is 5.78. The smallest absolute Gasteiger partial charge is 0.273 e. The van der Waals surface area contributed by atoms with E-state index in [2.05, 4.69) is 27.7 Å². The molecule has 8 heteroatoms. The Balaban J connectivity index is 1.83. The Labute approximate surface area is 143 Å². The van der Waals surface area contributed by atoms with Crippen LogP contribution < -0.4 is 16.2 Å². The van der Waals surface area contributed by atoms with Gasteiger partial charge in [0.15, 0.2) is 0 Å². The normalized spacial score (nSPS) is 9.88. The van der Waals surface area contributed by atoms with E-state index in [1.165, 1.54) is 24.4 Å². The monoisotopic (exact) mass is 346 g/mol. The predicted octanol–water partition coefficient (Wildman–Crippen LogP) is 2.22. The van der Waals surface area contributed by atoms with Crippen LogP contribution in [0.3, 0.4) is 0 Å². The number of hydrogen-bond acceptors (Lipinski definition) is 5. The molecule has 1 heterocycles. The highest BCUT2D eigenvalue weighted by Crippen LogP contribution is 2.21. The van der Waals surface area contributed by atoms with E-state index in [1.54, 1.807) is 18.3 Å². The summed E-state index contributed by atoms with van der Waals surface area (Å²) in [4.78, 5) is 27.7. The minimum atomic E-state index is -0.608. The number of halogens is 1. The summed E-state index contributed by atoms with van der Waals surface area (Å²) in [7, 11) is 0. The van der Waals surface area contributed by atoms with Crippen LogP contribution in [-0.4, -0.2) is 21.9 Å². The molecule has 7 nitrogen and oxygen atoms in total. The van der Waals surface area contributed by atoms with Crippen LogP contribution in [0.25, 0.3) is 0 Å². The fourth-order valence-corrected chi connectivity index (χ4v) is 1.95. The Hall–Kier alpha value is -3.06. The molecule has 1 aromatic heterocycles. The molecule has 0 saturated heterocycles. The fourth-order valence-electron chi connectivity index (χ4n) is 1.78. The minimum absolute atomic E-state index is 0.00242. The standard InChI is InChI=1S/C16H15ClN4O3/c1-10(7-15(23)19-12-3-2-6-18-9-12)20-21-16(24)13-8-11(17)4-5-14(13)22/h2-6,8-9,20,22H,1,7H2,(H,19,23)(H,21,24). The lowest BCUT2D eigenvalue weighted by molar-refractivity contribution is -0.115. The van der Waals surface area contributed by atoms with E-state index < -0.39 is 5.91 Å². The number of anilines is 1. The second kappa shape index (κ2) is 7.98. The molecule has 0 unspecified atom stereocenters. The van der Waals surface area contributed by atoms with Crippen LogP contribution in [0.2, 0.25) is 5.02 Å². The Morgan fingerprint density at radius 3 is 2.75 bits per heavy atom. The molecule has 0 saturated carbocycles. The Morgan fingerprint density at radius 1 is 1.25 bits per heavy atom. The van der Waals surface area contributed by atoms with Gasteiger partial charge in [-0.25, -0.2) is 0 Å². The average molecular weight is 347 g/mol. The molecule has 0 radical (unpaired) electrons. The third-order valence-electron chi connectivity index (χ3n) is 2.88. The van der Waals surface area contributed by atoms with Gasteiger partial charge < -0.3 is 15.8 Å². The van der Waals surface area contributed by atoms with E-state index in [9.17, 15) is 14.7 Å². The van der Waals surface area contributed by atoms with Gasteiger partial charge in [-0.1, -0.05) is 18.2 Å². The van der Waals surface area contributed by atoms with Crippen molar-refractivity contribution in [3.8, 4) is 5.75 Å². The van der Waals surface area contributed by atoms with E-state index in [0.29, 0.717) is 10.7 Å². The van der Waals surface area contributed by atoms with E-state index in [0.717, 1.165) is 0 Å². The molecule has 124 valence electrons. The zero-order valence-electron chi connectivity index (χ0n) is 12.5. The van der Waals surface area contributed by atoms with Gasteiger partial charge in [-0.15, -0.1) is 0 Å². The third-order valence-corrected chi connectivity index (χ3v) is 3.11. The van der Waals surface area contributed by atoms with Crippen LogP contribution in [0.1, 0.15) is 16.8 Å². The molecule has 0 aliphatic rings. The lowest BCUT2D eigenvalue weighted by Crippen LogP contribution is -2.37. The van der Waals surface area contributed by atoms with Gasteiger partial charge >= 0.3 is 0 Å². The number of amides is 2. The third kappa shape index (κ3) is 4.99. The van der Waals surface area contributed by atoms with E-state index in [-0.39, 0.29) is 29.3 Å². The second-order valence-corrected chi connectivity index (χ2v) is 5.25. The maximum atomic E-state index is 12.0. The summed E-state index contributed by atoms with van der Waals surface area (Å²) in [6.45, 7) is 3.65. The van der Waals surface area contributed by atoms with Gasteiger partial charge in [0.05, 0.1) is 23.9 Å². The number of benzene rings is 1. The molecule has 0 atom stereocenters. The van der Waals surface area contributed by atoms with Gasteiger partial charge in [-0.2, -0.15) is 0 Å². The van der Waals surface area contributed by atoms with Crippen molar-refractivity contribution in [2.45, 2.75) is 6.42 Å². The highest BCUT2D eigenvalue weighted by atomic mass is 35.5. The number of phenols is 1. The Morgan fingerprint density at radius 2 is 2.04 bits per heavy atom. The number of phenolic OH excluding ortho intramolecular Hbond substituents is 1. The molecule has 24 heavy (non-hydrogen) atoms. The number of pyridine rings is 1. The van der Waals surface area contributed by atoms with Crippen molar-refractivity contribution in [2.24, 2.45) is 0 Å². The summed E-state index contributed by atoms with van der Waals surface area (Å²) in [5, 5.41) is 12.6. The first-order valence-electron chi connectivity index (χ1n) is 6.88. The number of carbonyl (C=O) groups excluding carboxylic acids is 2. The molecule has 0 spiro atoms. The van der Waals surface area contributed by atoms with Crippen LogP contribution in [0.5, 0.6) is 5.75 Å². The van der Waals surface area contributed by atoms with Crippen LogP contribution in [0, 0.1) is 0 Å². The minimum Gasteiger partial charge on any atom is -0.507 e. The van der Waals surface area contributed by atoms with E-state index in [1.807, 2.05) is 0 Å². The zero-order valence-corrected chi connectivity index (χ0v) is 13.3. The Bertz CT molecular complexity index is 765. The largest absolute Gasteiger partial charge is 0.507 e. The Kier molecular flexibility index (Phi) is 5.75. The number of rotatable bonds is 6. The fraction of sp³-hybridized carbons (Fsp3) is 0.0625. The molecular formula is C16H15ClN4O3. The summed E-state index contributed by atoms with van der Waals surface area (Å²) in [5.41, 5.74) is 5.69. The quantitative estimate of drug-likeness (QED) is 0.600. The van der Waals surface area contributed by atoms with Crippen LogP contribution in [-0.2, 0) is 4.79 Å². The first kappa shape index (κ1) is 17.3. The van der Waals surface area contributed by atoms with Crippen molar-refractivity contribution in [1.82, 2.24) is 15.8 Å². The van der Waals surface area contributed by atoms with Crippen molar-refractivity contribution in [3.63, 3.8) is 0 Å². The molecule has 1 aromatic carbocycles. The highest BCUT2D eigenvalue weighted by Gasteiger charge is 2.12. The van der Waals surface area contributed by atoms with Gasteiger partial charge in [0.25, 0.3) is 5.91 Å². The van der Waals surface area contributed by atoms with Crippen molar-refractivity contribution in [3.05, 3.63) is 65.6 Å². The number of hydrogen-bond donors (Lipinski definition) is 4. The molecule has 0 fully saturated rings. The molecule has 0 aliphatic carbocycles. The van der Waals surface area contributed by atoms with Crippen molar-refractivity contribution < 1.29 is 14.7 Å². The number of carbonyl (C=O) groups is 2. The lowest BCUT2D eigenvalue weighted by atomic mass is 10.2. The predicted molar refractivity (Wildman–Crippen MR) is 90.3 cm³/mol. The van der Waals surface area contributed by atoms with Crippen molar-refractivity contribution >= 4 is 29.1 Å². The first-order valence-corrected chi connectivity index (χ1v) is 7.26. The van der Waals surface area contributed by atoms with Crippen molar-refractivity contribution in [1.29, 1.82) is 0 Å². The van der Waals surface area contributed by atoms with Gasteiger partial charge in [0.2, 0.25) is 5.91 Å². The number of nitrogens with one attached hydrogen (secondary N) is 3. The summed E-state index contributed by atoms with van der Waals surface area (Å²) in [6, 6.07) is 7.49. The van der Waals surface area contributed by atoms with Gasteiger partial charge in [-0.05, 0) is 30.3 Å². The molecule has 0 aliphatic heterocycles. The summed E-state index contributed by atoms with van der Waals surface area (Å²) in [6.07, 6.45) is 3.05. The summed E-state index contributed by atoms with van der Waals surface area (Å²) in [5.74, 6) is -1.14. The number of hydrazine groups is 1. The van der Waals surface area contributed by atoms with Crippen LogP contribution in [0.4, 0.5) is 5.69 Å². The van der Waals surface area contributed by atoms with Crippen LogP contribution >= 0.6 is 11.6 Å². The highest BCUT2D eigenvalue weighted by molar-refractivity contribution is 6.31. The second-order valence-electron chi connectivity index (χ2n) is 4.81. The first-order chi connectivity index (χ1) is 11.5. The van der Waals surface area contributed by atoms with Gasteiger partial charge in [0, 0.05) is 16.9 Å². The maximum Gasteiger partial charge on any atom is 0.273 e. The molecular weight excluding hydrogens is 332 g/mol. The average Bonchev–Trinajstić information content (AvgIpc) is 2.55. The van der Waals surface area contributed by atoms with Crippen molar-refractivity contribution in [2.75, 3.05) is 5.32 Å². The molecule has 4 N–H and O–H groups in total. The molecule has 2 rings (SSSR count). The van der Waals surface area contributed by atoms with E-state index in [4.69, 9.17) is 11.6 Å². The number of aromatic hydroxyl groups is 1.